The number of cyclic esters (lactones) is 1. The second-order valence-electron chi connectivity index (χ2n) is 6.31. The number of amides is 2. The Bertz CT molecular complexity index is 860. The number of hydrazone groups is 1. The van der Waals surface area contributed by atoms with Crippen molar-refractivity contribution >= 4 is 52.9 Å². The van der Waals surface area contributed by atoms with Crippen molar-refractivity contribution in [3.05, 3.63) is 24.0 Å². The predicted octanol–water partition coefficient (Wildman–Crippen LogP) is 1.77. The Hall–Kier alpha value is -2.70. The molecule has 1 aromatic carbocycles. The van der Waals surface area contributed by atoms with Gasteiger partial charge in [-0.2, -0.15) is 5.10 Å². The third-order valence-electron chi connectivity index (χ3n) is 4.36. The molecule has 0 bridgehead atoms. The summed E-state index contributed by atoms with van der Waals surface area (Å²) >= 11 is 10.9. The highest BCUT2D eigenvalue weighted by atomic mass is 35.5. The SMILES string of the molecule is C#CCN1CCN(c2ccc(N3CC(CNC(=O)C(Cl)Cl)OC3=O)cc2F)C=N1. The quantitative estimate of drug-likeness (QED) is 0.537. The minimum atomic E-state index is -1.21. The first-order chi connectivity index (χ1) is 13.9. The number of carbonyl (C=O) groups excluding carboxylic acids is 2. The molecule has 1 fully saturated rings. The van der Waals surface area contributed by atoms with Crippen LogP contribution in [-0.2, 0) is 9.53 Å². The van der Waals surface area contributed by atoms with E-state index in [2.05, 4.69) is 16.3 Å². The van der Waals surface area contributed by atoms with Crippen LogP contribution in [0.15, 0.2) is 23.3 Å². The number of terminal acetylenes is 1. The van der Waals surface area contributed by atoms with E-state index < -0.39 is 28.8 Å². The molecule has 1 N–H and O–H groups in total. The zero-order chi connectivity index (χ0) is 21.0. The minimum absolute atomic E-state index is 0.0516. The maximum Gasteiger partial charge on any atom is 0.414 e. The molecule has 0 spiro atoms. The second-order valence-corrected chi connectivity index (χ2v) is 7.41. The van der Waals surface area contributed by atoms with Crippen molar-refractivity contribution in [3.63, 3.8) is 0 Å². The van der Waals surface area contributed by atoms with Gasteiger partial charge in [0, 0.05) is 6.54 Å². The lowest BCUT2D eigenvalue weighted by Gasteiger charge is -2.29. The van der Waals surface area contributed by atoms with E-state index in [0.717, 1.165) is 0 Å². The van der Waals surface area contributed by atoms with Gasteiger partial charge >= 0.3 is 6.09 Å². The molecule has 11 heteroatoms. The number of rotatable bonds is 6. The molecular weight excluding hydrogens is 424 g/mol. The van der Waals surface area contributed by atoms with Gasteiger partial charge < -0.3 is 15.0 Å². The zero-order valence-electron chi connectivity index (χ0n) is 15.2. The largest absolute Gasteiger partial charge is 0.442 e. The van der Waals surface area contributed by atoms with E-state index in [1.807, 2.05) is 0 Å². The number of nitrogens with one attached hydrogen (secondary N) is 1. The number of alkyl halides is 2. The standard InChI is InChI=1S/C18H18Cl2FN5O3/c1-2-5-25-7-6-24(11-23-25)15-4-3-12(8-14(15)21)26-10-13(29-18(26)28)9-22-17(27)16(19)20/h1,3-4,8,11,13,16H,5-7,9-10H2,(H,22,27). The lowest BCUT2D eigenvalue weighted by molar-refractivity contribution is -0.119. The van der Waals surface area contributed by atoms with E-state index in [0.29, 0.717) is 31.0 Å². The molecular formula is C18H18Cl2FN5O3. The average molecular weight is 442 g/mol. The fourth-order valence-electron chi connectivity index (χ4n) is 2.91. The molecule has 1 unspecified atom stereocenters. The average Bonchev–Trinajstić information content (AvgIpc) is 3.07. The predicted molar refractivity (Wildman–Crippen MR) is 109 cm³/mol. The van der Waals surface area contributed by atoms with E-state index in [9.17, 15) is 14.0 Å². The Labute approximate surface area is 177 Å². The molecule has 154 valence electrons. The number of nitrogens with zero attached hydrogens (tertiary/aromatic N) is 4. The summed E-state index contributed by atoms with van der Waals surface area (Å²) in [5.41, 5.74) is 0.685. The van der Waals surface area contributed by atoms with Gasteiger partial charge in [0.1, 0.15) is 18.3 Å². The van der Waals surface area contributed by atoms with Crippen molar-refractivity contribution in [3.8, 4) is 12.3 Å². The molecule has 0 saturated carbocycles. The van der Waals surface area contributed by atoms with Crippen molar-refractivity contribution in [1.82, 2.24) is 10.3 Å². The minimum Gasteiger partial charge on any atom is -0.442 e. The molecule has 2 aliphatic heterocycles. The number of hydrogen-bond donors (Lipinski definition) is 1. The summed E-state index contributed by atoms with van der Waals surface area (Å²) in [6.45, 7) is 1.69. The number of carbonyl (C=O) groups is 2. The summed E-state index contributed by atoms with van der Waals surface area (Å²) in [5, 5.41) is 8.36. The van der Waals surface area contributed by atoms with Crippen LogP contribution < -0.4 is 15.1 Å². The van der Waals surface area contributed by atoms with Gasteiger partial charge in [0.05, 0.1) is 37.6 Å². The van der Waals surface area contributed by atoms with Crippen LogP contribution in [0, 0.1) is 18.2 Å². The molecule has 0 aliphatic carbocycles. The van der Waals surface area contributed by atoms with E-state index in [4.69, 9.17) is 34.4 Å². The summed E-state index contributed by atoms with van der Waals surface area (Å²) in [6, 6.07) is 4.45. The lowest BCUT2D eigenvalue weighted by Crippen LogP contribution is -2.38. The van der Waals surface area contributed by atoms with Crippen molar-refractivity contribution in [2.75, 3.05) is 42.5 Å². The highest BCUT2D eigenvalue weighted by Gasteiger charge is 2.33. The van der Waals surface area contributed by atoms with Crippen LogP contribution in [0.4, 0.5) is 20.6 Å². The summed E-state index contributed by atoms with van der Waals surface area (Å²) in [4.78, 5) is 25.3. The van der Waals surface area contributed by atoms with Crippen molar-refractivity contribution in [2.45, 2.75) is 10.9 Å². The number of ether oxygens (including phenoxy) is 1. The van der Waals surface area contributed by atoms with Gasteiger partial charge in [-0.05, 0) is 18.2 Å². The summed E-state index contributed by atoms with van der Waals surface area (Å²) in [7, 11) is 0. The van der Waals surface area contributed by atoms with Gasteiger partial charge in [-0.3, -0.25) is 14.7 Å². The van der Waals surface area contributed by atoms with E-state index >= 15 is 0 Å². The summed E-state index contributed by atoms with van der Waals surface area (Å²) in [5.74, 6) is 1.42. The lowest BCUT2D eigenvalue weighted by atomic mass is 10.2. The van der Waals surface area contributed by atoms with Crippen LogP contribution in [0.1, 0.15) is 0 Å². The van der Waals surface area contributed by atoms with E-state index in [1.165, 1.54) is 17.3 Å². The zero-order valence-corrected chi connectivity index (χ0v) is 16.7. The Morgan fingerprint density at radius 3 is 2.86 bits per heavy atom. The van der Waals surface area contributed by atoms with Crippen LogP contribution in [0.5, 0.6) is 0 Å². The molecule has 1 atom stereocenters. The molecule has 2 heterocycles. The van der Waals surface area contributed by atoms with Gasteiger partial charge in [0.2, 0.25) is 0 Å². The molecule has 0 radical (unpaired) electrons. The maximum absolute atomic E-state index is 14.7. The Morgan fingerprint density at radius 2 is 2.24 bits per heavy atom. The summed E-state index contributed by atoms with van der Waals surface area (Å²) in [6.07, 6.45) is 5.55. The highest BCUT2D eigenvalue weighted by Crippen LogP contribution is 2.28. The first-order valence-corrected chi connectivity index (χ1v) is 9.59. The number of benzene rings is 1. The maximum atomic E-state index is 14.7. The number of anilines is 2. The van der Waals surface area contributed by atoms with Gasteiger partial charge in [0.15, 0.2) is 4.84 Å². The van der Waals surface area contributed by atoms with Crippen molar-refractivity contribution in [2.24, 2.45) is 5.10 Å². The molecule has 0 aromatic heterocycles. The van der Waals surface area contributed by atoms with Crippen LogP contribution in [0.25, 0.3) is 0 Å². The van der Waals surface area contributed by atoms with Crippen LogP contribution in [0.3, 0.4) is 0 Å². The number of hydrogen-bond acceptors (Lipinski definition) is 6. The fraction of sp³-hybridized carbons (Fsp3) is 0.389. The molecule has 8 nitrogen and oxygen atoms in total. The van der Waals surface area contributed by atoms with Crippen molar-refractivity contribution < 1.29 is 18.7 Å². The monoisotopic (exact) mass is 441 g/mol. The highest BCUT2D eigenvalue weighted by molar-refractivity contribution is 6.53. The first kappa shape index (κ1) is 21.0. The third kappa shape index (κ3) is 5.02. The molecule has 1 saturated heterocycles. The Balaban J connectivity index is 1.64. The van der Waals surface area contributed by atoms with Crippen molar-refractivity contribution in [1.29, 1.82) is 0 Å². The van der Waals surface area contributed by atoms with Gasteiger partial charge in [-0.25, -0.2) is 9.18 Å². The number of halogens is 3. The third-order valence-corrected chi connectivity index (χ3v) is 4.75. The van der Waals surface area contributed by atoms with E-state index in [1.54, 1.807) is 22.0 Å². The normalized spacial score (nSPS) is 18.8. The van der Waals surface area contributed by atoms with E-state index in [-0.39, 0.29) is 13.1 Å². The van der Waals surface area contributed by atoms with Gasteiger partial charge in [-0.15, -0.1) is 6.42 Å². The molecule has 29 heavy (non-hydrogen) atoms. The smallest absolute Gasteiger partial charge is 0.414 e. The molecule has 1 aromatic rings. The Morgan fingerprint density at radius 1 is 1.45 bits per heavy atom. The first-order valence-electron chi connectivity index (χ1n) is 8.71. The summed E-state index contributed by atoms with van der Waals surface area (Å²) < 4.78 is 19.9. The van der Waals surface area contributed by atoms with Gasteiger partial charge in [0.25, 0.3) is 5.91 Å². The molecule has 2 amide bonds. The topological polar surface area (TPSA) is 77.5 Å². The van der Waals surface area contributed by atoms with Crippen LogP contribution in [-0.4, -0.2) is 67.0 Å². The van der Waals surface area contributed by atoms with Crippen LogP contribution in [0.2, 0.25) is 0 Å². The molecule has 3 rings (SSSR count). The molecule has 2 aliphatic rings. The van der Waals surface area contributed by atoms with Gasteiger partial charge in [-0.1, -0.05) is 29.1 Å². The van der Waals surface area contributed by atoms with Crippen LogP contribution >= 0.6 is 23.2 Å². The Kier molecular flexibility index (Phi) is 6.67. The second kappa shape index (κ2) is 9.20. The fourth-order valence-corrected chi connectivity index (χ4v) is 3.06.